The molecule has 1 N–H and O–H groups in total. The number of anilines is 1. The number of rotatable bonds is 5. The molecule has 1 aliphatic rings. The van der Waals surface area contributed by atoms with Crippen LogP contribution >= 0.6 is 0 Å². The second-order valence-corrected chi connectivity index (χ2v) is 6.36. The molecule has 2 aromatic heterocycles. The number of para-hydroxylation sites is 1. The van der Waals surface area contributed by atoms with Crippen LogP contribution in [0.1, 0.15) is 18.4 Å². The Balaban J connectivity index is 1.33. The number of likely N-dealkylation sites (tertiary alicyclic amines) is 1. The van der Waals surface area contributed by atoms with E-state index >= 15 is 0 Å². The van der Waals surface area contributed by atoms with Crippen LogP contribution in [0.2, 0.25) is 0 Å². The zero-order chi connectivity index (χ0) is 17.1. The normalized spacial score (nSPS) is 16.2. The van der Waals surface area contributed by atoms with Gasteiger partial charge in [-0.1, -0.05) is 18.2 Å². The fourth-order valence-corrected chi connectivity index (χ4v) is 3.32. The Hall–Kier alpha value is -2.67. The fourth-order valence-electron chi connectivity index (χ4n) is 3.32. The van der Waals surface area contributed by atoms with Gasteiger partial charge in [-0.05, 0) is 31.0 Å². The molecule has 130 valence electrons. The summed E-state index contributed by atoms with van der Waals surface area (Å²) < 4.78 is 7.15. The van der Waals surface area contributed by atoms with Gasteiger partial charge < -0.3 is 10.1 Å². The minimum Gasteiger partial charge on any atom is -0.496 e. The van der Waals surface area contributed by atoms with E-state index < -0.39 is 0 Å². The van der Waals surface area contributed by atoms with Gasteiger partial charge in [-0.3, -0.25) is 4.90 Å². The van der Waals surface area contributed by atoms with Crippen molar-refractivity contribution in [1.82, 2.24) is 24.7 Å². The molecule has 0 bridgehead atoms. The summed E-state index contributed by atoms with van der Waals surface area (Å²) in [5.41, 5.74) is 2.01. The van der Waals surface area contributed by atoms with Crippen molar-refractivity contribution >= 4 is 11.5 Å². The minimum atomic E-state index is 0.440. The molecule has 0 unspecified atom stereocenters. The van der Waals surface area contributed by atoms with E-state index in [0.29, 0.717) is 6.04 Å². The van der Waals surface area contributed by atoms with Crippen molar-refractivity contribution in [3.05, 3.63) is 48.3 Å². The molecule has 3 heterocycles. The smallest absolute Gasteiger partial charge is 0.177 e. The Labute approximate surface area is 146 Å². The lowest BCUT2D eigenvalue weighted by molar-refractivity contribution is 0.208. The molecule has 1 aromatic carbocycles. The van der Waals surface area contributed by atoms with E-state index in [2.05, 4.69) is 37.6 Å². The van der Waals surface area contributed by atoms with Crippen LogP contribution in [0.3, 0.4) is 0 Å². The molecule has 0 spiro atoms. The molecular formula is C18H22N6O. The highest BCUT2D eigenvalue weighted by atomic mass is 16.5. The van der Waals surface area contributed by atoms with Crippen molar-refractivity contribution in [1.29, 1.82) is 0 Å². The molecule has 4 rings (SSSR count). The third kappa shape index (κ3) is 3.56. The van der Waals surface area contributed by atoms with Gasteiger partial charge in [-0.2, -0.15) is 4.52 Å². The largest absolute Gasteiger partial charge is 0.496 e. The second kappa shape index (κ2) is 7.06. The maximum atomic E-state index is 5.46. The van der Waals surface area contributed by atoms with Crippen molar-refractivity contribution in [3.8, 4) is 5.75 Å². The lowest BCUT2D eigenvalue weighted by atomic mass is 10.0. The number of piperidine rings is 1. The molecule has 7 nitrogen and oxygen atoms in total. The third-order valence-electron chi connectivity index (χ3n) is 4.69. The summed E-state index contributed by atoms with van der Waals surface area (Å²) in [5.74, 6) is 1.84. The first kappa shape index (κ1) is 15.8. The number of benzene rings is 1. The Morgan fingerprint density at radius 2 is 2.00 bits per heavy atom. The highest BCUT2D eigenvalue weighted by molar-refractivity contribution is 5.43. The van der Waals surface area contributed by atoms with Crippen LogP contribution in [0.15, 0.2) is 42.7 Å². The van der Waals surface area contributed by atoms with E-state index in [9.17, 15) is 0 Å². The molecule has 0 amide bonds. The summed E-state index contributed by atoms with van der Waals surface area (Å²) in [6.45, 7) is 3.05. The second-order valence-electron chi connectivity index (χ2n) is 6.36. The van der Waals surface area contributed by atoms with Crippen LogP contribution in [-0.2, 0) is 6.54 Å². The van der Waals surface area contributed by atoms with E-state index in [1.165, 1.54) is 5.56 Å². The summed E-state index contributed by atoms with van der Waals surface area (Å²) in [7, 11) is 1.73. The molecule has 7 heteroatoms. The van der Waals surface area contributed by atoms with Gasteiger partial charge in [0.15, 0.2) is 5.65 Å². The molecule has 25 heavy (non-hydrogen) atoms. The number of hydrogen-bond acceptors (Lipinski definition) is 6. The summed E-state index contributed by atoms with van der Waals surface area (Å²) in [4.78, 5) is 2.48. The zero-order valence-electron chi connectivity index (χ0n) is 14.3. The Kier molecular flexibility index (Phi) is 4.47. The first-order valence-electron chi connectivity index (χ1n) is 8.60. The maximum Gasteiger partial charge on any atom is 0.177 e. The zero-order valence-corrected chi connectivity index (χ0v) is 14.3. The van der Waals surface area contributed by atoms with Crippen molar-refractivity contribution in [2.75, 3.05) is 25.5 Å². The molecule has 0 atom stereocenters. The number of nitrogens with zero attached hydrogens (tertiary/aromatic N) is 5. The van der Waals surface area contributed by atoms with E-state index in [-0.39, 0.29) is 0 Å². The van der Waals surface area contributed by atoms with E-state index in [1.807, 2.05) is 24.3 Å². The SMILES string of the molecule is COc1ccccc1CN1CCC(Nc2ccc3nncn3n2)CC1. The number of fused-ring (bicyclic) bond motifs is 1. The van der Waals surface area contributed by atoms with Gasteiger partial charge in [0.05, 0.1) is 7.11 Å². The van der Waals surface area contributed by atoms with E-state index in [4.69, 9.17) is 4.74 Å². The molecule has 0 saturated carbocycles. The van der Waals surface area contributed by atoms with Crippen LogP contribution in [0.5, 0.6) is 5.75 Å². The van der Waals surface area contributed by atoms with Crippen molar-refractivity contribution in [2.24, 2.45) is 0 Å². The standard InChI is InChI=1S/C18H22N6O/c1-25-16-5-3-2-4-14(16)12-23-10-8-15(9-11-23)20-17-6-7-18-21-19-13-24(18)22-17/h2-7,13,15H,8-12H2,1H3,(H,20,22). The quantitative estimate of drug-likeness (QED) is 0.769. The number of nitrogens with one attached hydrogen (secondary N) is 1. The molecule has 1 aliphatic heterocycles. The van der Waals surface area contributed by atoms with Gasteiger partial charge in [0.1, 0.15) is 17.9 Å². The molecule has 1 fully saturated rings. The fraction of sp³-hybridized carbons (Fsp3) is 0.389. The molecular weight excluding hydrogens is 316 g/mol. The number of methoxy groups -OCH3 is 1. The van der Waals surface area contributed by atoms with Gasteiger partial charge >= 0.3 is 0 Å². The van der Waals surface area contributed by atoms with Gasteiger partial charge in [0.25, 0.3) is 0 Å². The summed E-state index contributed by atoms with van der Waals surface area (Å²) in [6.07, 6.45) is 3.81. The van der Waals surface area contributed by atoms with Crippen LogP contribution in [0.25, 0.3) is 5.65 Å². The molecule has 0 aliphatic carbocycles. The van der Waals surface area contributed by atoms with E-state index in [1.54, 1.807) is 18.0 Å². The molecule has 0 radical (unpaired) electrons. The first-order valence-corrected chi connectivity index (χ1v) is 8.60. The van der Waals surface area contributed by atoms with Crippen molar-refractivity contribution in [3.63, 3.8) is 0 Å². The summed E-state index contributed by atoms with van der Waals surface area (Å²) >= 11 is 0. The first-order chi connectivity index (χ1) is 12.3. The Bertz CT molecular complexity index is 840. The average molecular weight is 338 g/mol. The molecule has 3 aromatic rings. The lowest BCUT2D eigenvalue weighted by Crippen LogP contribution is -2.38. The maximum absolute atomic E-state index is 5.46. The van der Waals surface area contributed by atoms with Gasteiger partial charge in [0.2, 0.25) is 0 Å². The average Bonchev–Trinajstić information content (AvgIpc) is 3.12. The highest BCUT2D eigenvalue weighted by Crippen LogP contribution is 2.22. The van der Waals surface area contributed by atoms with Gasteiger partial charge in [-0.25, -0.2) is 0 Å². The summed E-state index contributed by atoms with van der Waals surface area (Å²) in [5, 5.41) is 15.9. The van der Waals surface area contributed by atoms with Crippen LogP contribution in [0, 0.1) is 0 Å². The predicted octanol–water partition coefficient (Wildman–Crippen LogP) is 2.21. The topological polar surface area (TPSA) is 67.6 Å². The number of hydrogen-bond donors (Lipinski definition) is 1. The lowest BCUT2D eigenvalue weighted by Gasteiger charge is -2.32. The van der Waals surface area contributed by atoms with Crippen LogP contribution in [-0.4, -0.2) is 51.0 Å². The van der Waals surface area contributed by atoms with E-state index in [0.717, 1.165) is 49.7 Å². The van der Waals surface area contributed by atoms with Crippen LogP contribution in [0.4, 0.5) is 5.82 Å². The highest BCUT2D eigenvalue weighted by Gasteiger charge is 2.20. The Morgan fingerprint density at radius 3 is 2.84 bits per heavy atom. The Morgan fingerprint density at radius 1 is 1.16 bits per heavy atom. The number of aromatic nitrogens is 4. The predicted molar refractivity (Wildman–Crippen MR) is 95.7 cm³/mol. The summed E-state index contributed by atoms with van der Waals surface area (Å²) in [6, 6.07) is 12.6. The number of ether oxygens (including phenoxy) is 1. The molecule has 1 saturated heterocycles. The van der Waals surface area contributed by atoms with Crippen molar-refractivity contribution < 1.29 is 4.74 Å². The van der Waals surface area contributed by atoms with Gasteiger partial charge in [-0.15, -0.1) is 15.3 Å². The van der Waals surface area contributed by atoms with Crippen molar-refractivity contribution in [2.45, 2.75) is 25.4 Å². The minimum absolute atomic E-state index is 0.440. The van der Waals surface area contributed by atoms with Gasteiger partial charge in [0, 0.05) is 31.2 Å². The van der Waals surface area contributed by atoms with Crippen LogP contribution < -0.4 is 10.1 Å². The third-order valence-corrected chi connectivity index (χ3v) is 4.69. The monoisotopic (exact) mass is 338 g/mol.